The number of para-hydroxylation sites is 1. The van der Waals surface area contributed by atoms with Crippen LogP contribution >= 0.6 is 0 Å². The van der Waals surface area contributed by atoms with Crippen LogP contribution in [0.15, 0.2) is 66.7 Å². The van der Waals surface area contributed by atoms with E-state index in [2.05, 4.69) is 0 Å². The van der Waals surface area contributed by atoms with Crippen molar-refractivity contribution >= 4 is 23.2 Å². The molecule has 3 aromatic rings. The van der Waals surface area contributed by atoms with Crippen molar-refractivity contribution in [3.63, 3.8) is 0 Å². The van der Waals surface area contributed by atoms with E-state index in [4.69, 9.17) is 14.2 Å². The third kappa shape index (κ3) is 4.73. The second kappa shape index (κ2) is 10.5. The smallest absolute Gasteiger partial charge is 0.231 e. The molecule has 0 unspecified atom stereocenters. The molecule has 2 atom stereocenters. The molecular formula is C30H30FN3O5. The molecule has 9 heteroatoms. The highest BCUT2D eigenvalue weighted by Crippen LogP contribution is 2.44. The van der Waals surface area contributed by atoms with Gasteiger partial charge in [0.25, 0.3) is 0 Å². The van der Waals surface area contributed by atoms with Crippen LogP contribution in [0.2, 0.25) is 0 Å². The molecule has 0 N–H and O–H groups in total. The fraction of sp³-hybridized carbons (Fsp3) is 0.333. The van der Waals surface area contributed by atoms with E-state index in [1.807, 2.05) is 46.2 Å². The van der Waals surface area contributed by atoms with Gasteiger partial charge in [0.2, 0.25) is 18.6 Å². The first-order valence-corrected chi connectivity index (χ1v) is 13.2. The van der Waals surface area contributed by atoms with Crippen molar-refractivity contribution in [3.05, 3.63) is 78.1 Å². The van der Waals surface area contributed by atoms with Crippen LogP contribution in [0.3, 0.4) is 0 Å². The quantitative estimate of drug-likeness (QED) is 0.486. The second-order valence-electron chi connectivity index (χ2n) is 9.93. The van der Waals surface area contributed by atoms with Gasteiger partial charge in [0.05, 0.1) is 24.8 Å². The molecule has 2 saturated heterocycles. The number of ether oxygens (including phenoxy) is 3. The van der Waals surface area contributed by atoms with Crippen LogP contribution in [-0.2, 0) is 9.59 Å². The molecule has 3 aliphatic heterocycles. The molecular weight excluding hydrogens is 501 g/mol. The van der Waals surface area contributed by atoms with E-state index in [-0.39, 0.29) is 30.8 Å². The highest BCUT2D eigenvalue weighted by atomic mass is 19.1. The van der Waals surface area contributed by atoms with Gasteiger partial charge in [0, 0.05) is 44.4 Å². The third-order valence-electron chi connectivity index (χ3n) is 7.79. The minimum atomic E-state index is -0.505. The van der Waals surface area contributed by atoms with Crippen molar-refractivity contribution in [2.75, 3.05) is 49.9 Å². The number of fused-ring (bicyclic) bond motifs is 1. The molecule has 0 radical (unpaired) electrons. The summed E-state index contributed by atoms with van der Waals surface area (Å²) in [6.07, 6.45) is 0.704. The molecule has 0 spiro atoms. The Morgan fingerprint density at radius 1 is 0.949 bits per heavy atom. The largest absolute Gasteiger partial charge is 0.497 e. The molecule has 2 amide bonds. The van der Waals surface area contributed by atoms with Crippen LogP contribution < -0.4 is 24.0 Å². The summed E-state index contributed by atoms with van der Waals surface area (Å²) in [6.45, 7) is 2.18. The average molecular weight is 532 g/mol. The molecule has 0 aromatic heterocycles. The highest BCUT2D eigenvalue weighted by molar-refractivity contribution is 5.98. The number of methoxy groups -OCH3 is 1. The molecule has 8 nitrogen and oxygen atoms in total. The van der Waals surface area contributed by atoms with Gasteiger partial charge in [-0.15, -0.1) is 0 Å². The van der Waals surface area contributed by atoms with E-state index in [0.717, 1.165) is 5.56 Å². The predicted molar refractivity (Wildman–Crippen MR) is 144 cm³/mol. The number of amides is 2. The van der Waals surface area contributed by atoms with Crippen LogP contribution in [0.5, 0.6) is 17.2 Å². The lowest BCUT2D eigenvalue weighted by molar-refractivity contribution is -0.138. The maximum atomic E-state index is 14.4. The van der Waals surface area contributed by atoms with Gasteiger partial charge in [-0.25, -0.2) is 4.39 Å². The van der Waals surface area contributed by atoms with Crippen LogP contribution in [0.4, 0.5) is 15.8 Å². The van der Waals surface area contributed by atoms with E-state index >= 15 is 0 Å². The Labute approximate surface area is 226 Å². The number of benzene rings is 3. The zero-order chi connectivity index (χ0) is 26.9. The fourth-order valence-electron chi connectivity index (χ4n) is 5.78. The zero-order valence-corrected chi connectivity index (χ0v) is 21.7. The Morgan fingerprint density at radius 2 is 1.69 bits per heavy atom. The molecule has 39 heavy (non-hydrogen) atoms. The van der Waals surface area contributed by atoms with E-state index in [1.165, 1.54) is 6.07 Å². The first kappa shape index (κ1) is 25.0. The Morgan fingerprint density at radius 3 is 2.44 bits per heavy atom. The van der Waals surface area contributed by atoms with Gasteiger partial charge in [-0.05, 0) is 48.4 Å². The lowest BCUT2D eigenvalue weighted by Gasteiger charge is -2.44. The lowest BCUT2D eigenvalue weighted by atomic mass is 9.82. The lowest BCUT2D eigenvalue weighted by Crippen LogP contribution is -2.54. The van der Waals surface area contributed by atoms with Gasteiger partial charge in [0.1, 0.15) is 11.6 Å². The van der Waals surface area contributed by atoms with E-state index in [0.29, 0.717) is 61.2 Å². The van der Waals surface area contributed by atoms with Crippen LogP contribution in [0.25, 0.3) is 0 Å². The summed E-state index contributed by atoms with van der Waals surface area (Å²) in [5.41, 5.74) is 2.06. The number of carbonyl (C=O) groups is 2. The molecule has 6 rings (SSSR count). The van der Waals surface area contributed by atoms with Gasteiger partial charge >= 0.3 is 0 Å². The molecule has 3 heterocycles. The number of piperidine rings is 1. The summed E-state index contributed by atoms with van der Waals surface area (Å²) >= 11 is 0. The van der Waals surface area contributed by atoms with Gasteiger partial charge in [-0.1, -0.05) is 24.3 Å². The number of piperazine rings is 1. The number of rotatable bonds is 5. The summed E-state index contributed by atoms with van der Waals surface area (Å²) < 4.78 is 30.7. The van der Waals surface area contributed by atoms with Crippen molar-refractivity contribution in [3.8, 4) is 17.2 Å². The van der Waals surface area contributed by atoms with Crippen LogP contribution in [0.1, 0.15) is 24.4 Å². The summed E-state index contributed by atoms with van der Waals surface area (Å²) in [5, 5.41) is 0. The second-order valence-corrected chi connectivity index (χ2v) is 9.93. The van der Waals surface area contributed by atoms with E-state index in [1.54, 1.807) is 36.3 Å². The number of carbonyl (C=O) groups excluding carboxylic acids is 2. The summed E-state index contributed by atoms with van der Waals surface area (Å²) in [4.78, 5) is 33.1. The van der Waals surface area contributed by atoms with Gasteiger partial charge in [-0.2, -0.15) is 0 Å². The topological polar surface area (TPSA) is 71.6 Å². The Hall–Kier alpha value is -4.27. The van der Waals surface area contributed by atoms with Crippen LogP contribution in [0, 0.1) is 11.7 Å². The van der Waals surface area contributed by atoms with Crippen molar-refractivity contribution in [1.29, 1.82) is 0 Å². The van der Waals surface area contributed by atoms with Gasteiger partial charge < -0.3 is 28.9 Å². The maximum absolute atomic E-state index is 14.4. The number of hydrogen-bond donors (Lipinski definition) is 0. The van der Waals surface area contributed by atoms with Gasteiger partial charge in [0.15, 0.2) is 11.5 Å². The van der Waals surface area contributed by atoms with Gasteiger partial charge in [-0.3, -0.25) is 9.59 Å². The standard InChI is InChI=1S/C30H30FN3O5/c1-37-22-9-6-20(7-10-22)29-23(11-13-28(35)34(29)21-8-12-26-27(18-21)39-19-38-26)30(36)33-16-14-32(15-17-33)25-5-3-2-4-24(25)31/h2-10,12,18,23,29H,11,13-17,19H2,1H3/t23-,29-/m0/s1. The minimum Gasteiger partial charge on any atom is -0.497 e. The first-order chi connectivity index (χ1) is 19.0. The molecule has 3 aliphatic rings. The Balaban J connectivity index is 1.29. The average Bonchev–Trinajstić information content (AvgIpc) is 3.45. The Kier molecular flexibility index (Phi) is 6.72. The van der Waals surface area contributed by atoms with Crippen molar-refractivity contribution < 1.29 is 28.2 Å². The maximum Gasteiger partial charge on any atom is 0.231 e. The summed E-state index contributed by atoms with van der Waals surface area (Å²) in [5.74, 6) is 1.15. The predicted octanol–water partition coefficient (Wildman–Crippen LogP) is 4.40. The number of anilines is 2. The van der Waals surface area contributed by atoms with Crippen molar-refractivity contribution in [1.82, 2.24) is 4.90 Å². The summed E-state index contributed by atoms with van der Waals surface area (Å²) in [6, 6.07) is 19.2. The molecule has 0 bridgehead atoms. The number of halogens is 1. The molecule has 2 fully saturated rings. The normalized spacial score (nSPS) is 20.8. The van der Waals surface area contributed by atoms with E-state index in [9.17, 15) is 14.0 Å². The molecule has 3 aromatic carbocycles. The number of nitrogens with zero attached hydrogens (tertiary/aromatic N) is 3. The zero-order valence-electron chi connectivity index (χ0n) is 21.7. The molecule has 0 aliphatic carbocycles. The van der Waals surface area contributed by atoms with Crippen molar-refractivity contribution in [2.24, 2.45) is 5.92 Å². The molecule has 0 saturated carbocycles. The molecule has 202 valence electrons. The summed E-state index contributed by atoms with van der Waals surface area (Å²) in [7, 11) is 1.60. The monoisotopic (exact) mass is 531 g/mol. The third-order valence-corrected chi connectivity index (χ3v) is 7.79. The highest BCUT2D eigenvalue weighted by Gasteiger charge is 2.43. The van der Waals surface area contributed by atoms with E-state index < -0.39 is 12.0 Å². The fourth-order valence-corrected chi connectivity index (χ4v) is 5.78. The minimum absolute atomic E-state index is 0.00208. The first-order valence-electron chi connectivity index (χ1n) is 13.2. The SMILES string of the molecule is COc1ccc([C@H]2[C@@H](C(=O)N3CCN(c4ccccc4F)CC3)CCC(=O)N2c2ccc3c(c2)OCO3)cc1. The Bertz CT molecular complexity index is 1370. The number of hydrogen-bond acceptors (Lipinski definition) is 6. The van der Waals surface area contributed by atoms with Crippen LogP contribution in [-0.4, -0.2) is 56.8 Å². The van der Waals surface area contributed by atoms with Crippen molar-refractivity contribution in [2.45, 2.75) is 18.9 Å².